The molecule has 3 heterocycles. The van der Waals surface area contributed by atoms with Crippen LogP contribution in [0.15, 0.2) is 41.9 Å². The molecule has 0 spiro atoms. The second-order valence-corrected chi connectivity index (χ2v) is 7.13. The van der Waals surface area contributed by atoms with Gasteiger partial charge < -0.3 is 15.1 Å². The number of amides is 1. The van der Waals surface area contributed by atoms with Gasteiger partial charge in [-0.15, -0.1) is 11.3 Å². The van der Waals surface area contributed by atoms with Crippen molar-refractivity contribution in [1.29, 1.82) is 0 Å². The molecule has 2 aromatic heterocycles. The molecule has 1 aliphatic rings. The molecular formula is C18H23N5OS. The lowest BCUT2D eigenvalue weighted by Gasteiger charge is -2.22. The Balaban J connectivity index is 1.66. The lowest BCUT2D eigenvalue weighted by Crippen LogP contribution is -2.29. The molecule has 0 aliphatic carbocycles. The topological polar surface area (TPSA) is 61.4 Å². The van der Waals surface area contributed by atoms with E-state index < -0.39 is 0 Å². The number of carbonyl (C=O) groups is 1. The van der Waals surface area contributed by atoms with Crippen LogP contribution in [0.4, 0.5) is 10.9 Å². The predicted molar refractivity (Wildman–Crippen MR) is 101 cm³/mol. The first-order valence-corrected chi connectivity index (χ1v) is 9.27. The first kappa shape index (κ1) is 17.6. The zero-order valence-corrected chi connectivity index (χ0v) is 15.4. The molecule has 1 atom stereocenters. The van der Waals surface area contributed by atoms with Crippen LogP contribution in [0, 0.1) is 0 Å². The van der Waals surface area contributed by atoms with Crippen LogP contribution in [0.25, 0.3) is 0 Å². The maximum Gasteiger partial charge on any atom is 0.246 e. The van der Waals surface area contributed by atoms with E-state index in [0.717, 1.165) is 42.6 Å². The number of hydrogen-bond donors (Lipinski definition) is 1. The van der Waals surface area contributed by atoms with Gasteiger partial charge in [-0.2, -0.15) is 0 Å². The molecule has 0 saturated carbocycles. The summed E-state index contributed by atoms with van der Waals surface area (Å²) in [6.07, 6.45) is 7.30. The Morgan fingerprint density at radius 3 is 3.12 bits per heavy atom. The quantitative estimate of drug-likeness (QED) is 0.805. The van der Waals surface area contributed by atoms with Crippen LogP contribution in [-0.4, -0.2) is 52.9 Å². The summed E-state index contributed by atoms with van der Waals surface area (Å²) in [5.74, 6) is 0.839. The molecule has 132 valence electrons. The van der Waals surface area contributed by atoms with Gasteiger partial charge >= 0.3 is 0 Å². The lowest BCUT2D eigenvalue weighted by atomic mass is 10.1. The van der Waals surface area contributed by atoms with E-state index >= 15 is 0 Å². The van der Waals surface area contributed by atoms with Crippen LogP contribution >= 0.6 is 11.3 Å². The highest BCUT2D eigenvalue weighted by Crippen LogP contribution is 2.34. The van der Waals surface area contributed by atoms with Gasteiger partial charge in [-0.3, -0.25) is 4.79 Å². The van der Waals surface area contributed by atoms with Crippen molar-refractivity contribution < 1.29 is 4.79 Å². The van der Waals surface area contributed by atoms with Crippen LogP contribution in [0.5, 0.6) is 0 Å². The van der Waals surface area contributed by atoms with E-state index in [9.17, 15) is 4.79 Å². The van der Waals surface area contributed by atoms with Gasteiger partial charge in [0.15, 0.2) is 5.13 Å². The maximum atomic E-state index is 12.5. The number of likely N-dealkylation sites (tertiary alicyclic amines) is 1. The van der Waals surface area contributed by atoms with Crippen LogP contribution in [-0.2, 0) is 4.79 Å². The molecule has 1 fully saturated rings. The highest BCUT2D eigenvalue weighted by molar-refractivity contribution is 7.13. The summed E-state index contributed by atoms with van der Waals surface area (Å²) in [7, 11) is 3.97. The average Bonchev–Trinajstić information content (AvgIpc) is 3.24. The van der Waals surface area contributed by atoms with Gasteiger partial charge in [0.1, 0.15) is 5.82 Å². The second kappa shape index (κ2) is 8.22. The molecule has 0 radical (unpaired) electrons. The van der Waals surface area contributed by atoms with Gasteiger partial charge in [0.2, 0.25) is 5.91 Å². The molecule has 3 rings (SSSR count). The maximum absolute atomic E-state index is 12.5. The van der Waals surface area contributed by atoms with Crippen molar-refractivity contribution >= 4 is 28.2 Å². The van der Waals surface area contributed by atoms with Gasteiger partial charge in [0.05, 0.1) is 11.7 Å². The summed E-state index contributed by atoms with van der Waals surface area (Å²) in [4.78, 5) is 25.4. The third-order valence-electron chi connectivity index (χ3n) is 4.03. The Morgan fingerprint density at radius 1 is 1.48 bits per heavy atom. The Bertz CT molecular complexity index is 728. The number of anilines is 2. The minimum atomic E-state index is 0.0621. The fourth-order valence-electron chi connectivity index (χ4n) is 2.84. The summed E-state index contributed by atoms with van der Waals surface area (Å²) in [6, 6.07) is 5.78. The number of pyridine rings is 1. The molecular weight excluding hydrogens is 334 g/mol. The minimum absolute atomic E-state index is 0.0621. The van der Waals surface area contributed by atoms with E-state index in [-0.39, 0.29) is 11.9 Å². The summed E-state index contributed by atoms with van der Waals surface area (Å²) in [5, 5.41) is 6.05. The second-order valence-electron chi connectivity index (χ2n) is 6.27. The molecule has 1 saturated heterocycles. The standard InChI is InChI=1S/C18H23N5OS/c1-22(2)11-6-9-17(24)23-12-5-7-15(23)14-13-25-18(20-14)21-16-8-3-4-10-19-16/h3-4,6,8-10,13,15H,5,7,11-12H2,1-2H3,(H,19,20,21)/b9-6+/t15-/m0/s1. The van der Waals surface area contributed by atoms with E-state index in [4.69, 9.17) is 0 Å². The highest BCUT2D eigenvalue weighted by atomic mass is 32.1. The molecule has 0 aromatic carbocycles. The number of thiazole rings is 1. The Hall–Kier alpha value is -2.25. The molecule has 2 aromatic rings. The number of rotatable bonds is 6. The third-order valence-corrected chi connectivity index (χ3v) is 4.81. The summed E-state index contributed by atoms with van der Waals surface area (Å²) >= 11 is 1.54. The molecule has 1 aliphatic heterocycles. The monoisotopic (exact) mass is 357 g/mol. The van der Waals surface area contributed by atoms with Crippen molar-refractivity contribution in [2.24, 2.45) is 0 Å². The lowest BCUT2D eigenvalue weighted by molar-refractivity contribution is -0.127. The number of nitrogens with one attached hydrogen (secondary N) is 1. The van der Waals surface area contributed by atoms with Gasteiger partial charge in [-0.1, -0.05) is 12.1 Å². The SMILES string of the molecule is CN(C)C/C=C/C(=O)N1CCC[C@H]1c1csc(Nc2ccccn2)n1. The number of likely N-dealkylation sites (N-methyl/N-ethyl adjacent to an activating group) is 1. The van der Waals surface area contributed by atoms with Crippen LogP contribution < -0.4 is 5.32 Å². The van der Waals surface area contributed by atoms with Crippen molar-refractivity contribution in [3.05, 3.63) is 47.6 Å². The zero-order chi connectivity index (χ0) is 17.6. The van der Waals surface area contributed by atoms with Gasteiger partial charge in [-0.05, 0) is 39.1 Å². The normalized spacial score (nSPS) is 17.6. The van der Waals surface area contributed by atoms with Crippen molar-refractivity contribution in [1.82, 2.24) is 19.8 Å². The van der Waals surface area contributed by atoms with E-state index in [1.165, 1.54) is 0 Å². The molecule has 0 unspecified atom stereocenters. The average molecular weight is 357 g/mol. The van der Waals surface area contributed by atoms with Gasteiger partial charge in [0.25, 0.3) is 0 Å². The first-order valence-electron chi connectivity index (χ1n) is 8.39. The number of aromatic nitrogens is 2. The largest absolute Gasteiger partial charge is 0.331 e. The Labute approximate surface area is 152 Å². The minimum Gasteiger partial charge on any atom is -0.331 e. The third kappa shape index (κ3) is 4.64. The Morgan fingerprint density at radius 2 is 2.36 bits per heavy atom. The smallest absolute Gasteiger partial charge is 0.246 e. The molecule has 7 heteroatoms. The van der Waals surface area contributed by atoms with Crippen molar-refractivity contribution in [3.63, 3.8) is 0 Å². The van der Waals surface area contributed by atoms with E-state index in [0.29, 0.717) is 0 Å². The van der Waals surface area contributed by atoms with Gasteiger partial charge in [0, 0.05) is 30.7 Å². The number of carbonyl (C=O) groups excluding carboxylic acids is 1. The summed E-state index contributed by atoms with van der Waals surface area (Å²) in [6.45, 7) is 1.55. The molecule has 25 heavy (non-hydrogen) atoms. The van der Waals surface area contributed by atoms with Crippen molar-refractivity contribution in [2.75, 3.05) is 32.5 Å². The Kier molecular flexibility index (Phi) is 5.78. The van der Waals surface area contributed by atoms with Gasteiger partial charge in [-0.25, -0.2) is 9.97 Å². The zero-order valence-electron chi connectivity index (χ0n) is 14.6. The van der Waals surface area contributed by atoms with Crippen LogP contribution in [0.3, 0.4) is 0 Å². The van der Waals surface area contributed by atoms with Crippen LogP contribution in [0.2, 0.25) is 0 Å². The molecule has 1 N–H and O–H groups in total. The first-order chi connectivity index (χ1) is 12.1. The molecule has 1 amide bonds. The van der Waals surface area contributed by atoms with E-state index in [1.807, 2.05) is 53.6 Å². The number of hydrogen-bond acceptors (Lipinski definition) is 6. The summed E-state index contributed by atoms with van der Waals surface area (Å²) in [5.41, 5.74) is 0.954. The van der Waals surface area contributed by atoms with Crippen molar-refractivity contribution in [2.45, 2.75) is 18.9 Å². The van der Waals surface area contributed by atoms with Crippen LogP contribution in [0.1, 0.15) is 24.6 Å². The molecule has 0 bridgehead atoms. The fraction of sp³-hybridized carbons (Fsp3) is 0.389. The summed E-state index contributed by atoms with van der Waals surface area (Å²) < 4.78 is 0. The number of nitrogens with zero attached hydrogens (tertiary/aromatic N) is 4. The molecule has 6 nitrogen and oxygen atoms in total. The van der Waals surface area contributed by atoms with E-state index in [1.54, 1.807) is 23.6 Å². The fourth-order valence-corrected chi connectivity index (χ4v) is 3.60. The predicted octanol–water partition coefficient (Wildman–Crippen LogP) is 3.06. The van der Waals surface area contributed by atoms with Crippen molar-refractivity contribution in [3.8, 4) is 0 Å². The highest BCUT2D eigenvalue weighted by Gasteiger charge is 2.30. The van der Waals surface area contributed by atoms with E-state index in [2.05, 4.69) is 15.3 Å².